The van der Waals surface area contributed by atoms with Gasteiger partial charge in [-0.1, -0.05) is 34.8 Å². The van der Waals surface area contributed by atoms with Crippen LogP contribution in [0.4, 0.5) is 17.1 Å². The Hall–Kier alpha value is -3.92. The van der Waals surface area contributed by atoms with E-state index in [1.165, 1.54) is 66.7 Å². The number of ether oxygens (including phenoxy) is 1. The Morgan fingerprint density at radius 2 is 1.57 bits per heavy atom. The summed E-state index contributed by atoms with van der Waals surface area (Å²) in [6.07, 6.45) is 0. The van der Waals surface area contributed by atoms with Crippen LogP contribution in [-0.4, -0.2) is 22.7 Å². The highest BCUT2D eigenvalue weighted by molar-refractivity contribution is 6.54. The highest BCUT2D eigenvalue weighted by atomic mass is 35.5. The van der Waals surface area contributed by atoms with Crippen molar-refractivity contribution in [3.8, 4) is 5.75 Å². The van der Waals surface area contributed by atoms with E-state index in [0.29, 0.717) is 5.69 Å². The van der Waals surface area contributed by atoms with Crippen molar-refractivity contribution >= 4 is 69.6 Å². The van der Waals surface area contributed by atoms with Crippen molar-refractivity contribution in [2.24, 2.45) is 0 Å². The van der Waals surface area contributed by atoms with Gasteiger partial charge >= 0.3 is 5.97 Å². The van der Waals surface area contributed by atoms with E-state index in [0.717, 1.165) is 4.90 Å². The third kappa shape index (κ3) is 4.97. The molecule has 0 saturated heterocycles. The molecule has 1 aliphatic heterocycles. The molecule has 0 aromatic heterocycles. The van der Waals surface area contributed by atoms with Gasteiger partial charge in [0, 0.05) is 22.8 Å². The molecular formula is C23H12Cl3N3O6. The van der Waals surface area contributed by atoms with Gasteiger partial charge in [-0.2, -0.15) is 0 Å². The summed E-state index contributed by atoms with van der Waals surface area (Å²) in [7, 11) is 0. The summed E-state index contributed by atoms with van der Waals surface area (Å²) >= 11 is 18.2. The highest BCUT2D eigenvalue weighted by Crippen LogP contribution is 2.35. The van der Waals surface area contributed by atoms with Gasteiger partial charge in [-0.25, -0.2) is 9.69 Å². The van der Waals surface area contributed by atoms with Crippen molar-refractivity contribution in [3.63, 3.8) is 0 Å². The van der Waals surface area contributed by atoms with Crippen LogP contribution in [0.3, 0.4) is 0 Å². The Morgan fingerprint density at radius 1 is 0.914 bits per heavy atom. The van der Waals surface area contributed by atoms with Crippen molar-refractivity contribution in [1.29, 1.82) is 0 Å². The average Bonchev–Trinajstić information content (AvgIpc) is 3.04. The molecule has 0 atom stereocenters. The number of hydrogen-bond acceptors (Lipinski definition) is 7. The van der Waals surface area contributed by atoms with Gasteiger partial charge in [0.2, 0.25) is 0 Å². The van der Waals surface area contributed by atoms with Gasteiger partial charge in [-0.15, -0.1) is 0 Å². The minimum Gasteiger partial charge on any atom is -0.423 e. The molecule has 0 bridgehead atoms. The van der Waals surface area contributed by atoms with E-state index in [1.54, 1.807) is 0 Å². The number of esters is 1. The van der Waals surface area contributed by atoms with E-state index >= 15 is 0 Å². The van der Waals surface area contributed by atoms with E-state index in [4.69, 9.17) is 39.5 Å². The fourth-order valence-corrected chi connectivity index (χ4v) is 3.70. The molecule has 0 aliphatic carbocycles. The zero-order chi connectivity index (χ0) is 25.3. The molecule has 1 aliphatic rings. The van der Waals surface area contributed by atoms with Gasteiger partial charge in [-0.05, 0) is 54.6 Å². The van der Waals surface area contributed by atoms with E-state index in [9.17, 15) is 24.5 Å². The molecule has 176 valence electrons. The molecule has 3 aromatic rings. The Labute approximate surface area is 212 Å². The summed E-state index contributed by atoms with van der Waals surface area (Å²) in [5.74, 6) is -2.07. The predicted molar refractivity (Wildman–Crippen MR) is 130 cm³/mol. The van der Waals surface area contributed by atoms with Crippen LogP contribution in [0.5, 0.6) is 5.75 Å². The summed E-state index contributed by atoms with van der Waals surface area (Å²) in [5, 5.41) is 13.6. The Morgan fingerprint density at radius 3 is 2.20 bits per heavy atom. The molecule has 0 radical (unpaired) electrons. The average molecular weight is 533 g/mol. The highest BCUT2D eigenvalue weighted by Gasteiger charge is 2.40. The van der Waals surface area contributed by atoms with Crippen LogP contribution in [0.2, 0.25) is 10.0 Å². The number of nitrogens with zero attached hydrogens (tertiary/aromatic N) is 2. The van der Waals surface area contributed by atoms with E-state index in [1.807, 2.05) is 0 Å². The maximum absolute atomic E-state index is 12.9. The molecule has 0 unspecified atom stereocenters. The topological polar surface area (TPSA) is 119 Å². The van der Waals surface area contributed by atoms with Crippen molar-refractivity contribution in [3.05, 3.63) is 103 Å². The predicted octanol–water partition coefficient (Wildman–Crippen LogP) is 5.56. The number of nitro benzene ring substituents is 1. The van der Waals surface area contributed by atoms with Gasteiger partial charge in [0.25, 0.3) is 17.5 Å². The number of non-ortho nitro benzene ring substituents is 1. The largest absolute Gasteiger partial charge is 0.423 e. The van der Waals surface area contributed by atoms with Crippen LogP contribution in [-0.2, 0) is 9.59 Å². The zero-order valence-corrected chi connectivity index (χ0v) is 19.6. The molecule has 12 heteroatoms. The number of nitro groups is 1. The Kier molecular flexibility index (Phi) is 6.74. The van der Waals surface area contributed by atoms with Crippen LogP contribution in [0, 0.1) is 10.1 Å². The normalized spacial score (nSPS) is 13.3. The first-order valence-corrected chi connectivity index (χ1v) is 10.9. The monoisotopic (exact) mass is 531 g/mol. The number of rotatable bonds is 6. The number of hydrogen-bond donors (Lipinski definition) is 1. The molecule has 2 amide bonds. The van der Waals surface area contributed by atoms with E-state index in [-0.39, 0.29) is 43.5 Å². The first-order chi connectivity index (χ1) is 16.7. The summed E-state index contributed by atoms with van der Waals surface area (Å²) in [6, 6.07) is 15.2. The second kappa shape index (κ2) is 9.75. The SMILES string of the molecule is O=C(Oc1ccc([N+](=O)[O-])cc1)c1ccc(NC2=C(Cl)C(=O)N(c3cc(Cl)ccc3Cl)C2=O)cc1. The Bertz CT molecular complexity index is 1410. The third-order valence-corrected chi connectivity index (χ3v) is 5.73. The minimum absolute atomic E-state index is 0.0912. The molecule has 0 fully saturated rings. The van der Waals surface area contributed by atoms with Crippen LogP contribution in [0.25, 0.3) is 0 Å². The number of anilines is 2. The van der Waals surface area contributed by atoms with Crippen molar-refractivity contribution in [2.45, 2.75) is 0 Å². The first kappa shape index (κ1) is 24.2. The van der Waals surface area contributed by atoms with Crippen LogP contribution < -0.4 is 15.0 Å². The van der Waals surface area contributed by atoms with Crippen LogP contribution >= 0.6 is 34.8 Å². The maximum atomic E-state index is 12.9. The number of amides is 2. The molecule has 4 rings (SSSR count). The molecule has 1 N–H and O–H groups in total. The number of benzene rings is 3. The maximum Gasteiger partial charge on any atom is 0.343 e. The first-order valence-electron chi connectivity index (χ1n) is 9.73. The number of imide groups is 1. The molecule has 0 saturated carbocycles. The van der Waals surface area contributed by atoms with Gasteiger partial charge in [0.15, 0.2) is 0 Å². The second-order valence-electron chi connectivity index (χ2n) is 7.07. The number of carbonyl (C=O) groups is 3. The molecule has 1 heterocycles. The fraction of sp³-hybridized carbons (Fsp3) is 0. The summed E-state index contributed by atoms with van der Waals surface area (Å²) in [4.78, 5) is 48.9. The second-order valence-corrected chi connectivity index (χ2v) is 8.29. The molecule has 9 nitrogen and oxygen atoms in total. The van der Waals surface area contributed by atoms with Crippen LogP contribution in [0.15, 0.2) is 77.5 Å². The van der Waals surface area contributed by atoms with Crippen LogP contribution in [0.1, 0.15) is 10.4 Å². The standard InChI is InChI=1S/C23H12Cl3N3O6/c24-13-3-10-17(25)18(11-13)28-21(30)19(26)20(22(28)31)27-14-4-1-12(2-5-14)23(32)35-16-8-6-15(7-9-16)29(33)34/h1-11,27H. The van der Waals surface area contributed by atoms with Gasteiger partial charge in [0.1, 0.15) is 16.5 Å². The molecule has 0 spiro atoms. The third-order valence-electron chi connectivity index (χ3n) is 4.82. The van der Waals surface area contributed by atoms with Crippen molar-refractivity contribution < 1.29 is 24.0 Å². The Balaban J connectivity index is 1.47. The minimum atomic E-state index is -0.772. The van der Waals surface area contributed by atoms with Crippen molar-refractivity contribution in [1.82, 2.24) is 0 Å². The number of nitrogens with one attached hydrogen (secondary N) is 1. The van der Waals surface area contributed by atoms with Gasteiger partial charge in [0.05, 0.1) is 21.2 Å². The molecule has 3 aromatic carbocycles. The summed E-state index contributed by atoms with van der Waals surface area (Å²) in [5.41, 5.74) is 0.326. The number of carbonyl (C=O) groups excluding carboxylic acids is 3. The molecular weight excluding hydrogens is 521 g/mol. The van der Waals surface area contributed by atoms with E-state index < -0.39 is 22.7 Å². The summed E-state index contributed by atoms with van der Waals surface area (Å²) in [6.45, 7) is 0. The lowest BCUT2D eigenvalue weighted by atomic mass is 10.2. The van der Waals surface area contributed by atoms with Gasteiger partial charge in [-0.3, -0.25) is 19.7 Å². The van der Waals surface area contributed by atoms with Crippen molar-refractivity contribution in [2.75, 3.05) is 10.2 Å². The summed E-state index contributed by atoms with van der Waals surface area (Å²) < 4.78 is 5.20. The lowest BCUT2D eigenvalue weighted by Gasteiger charge is -2.17. The van der Waals surface area contributed by atoms with E-state index in [2.05, 4.69) is 5.32 Å². The fourth-order valence-electron chi connectivity index (χ4n) is 3.12. The number of halogens is 3. The van der Waals surface area contributed by atoms with Gasteiger partial charge < -0.3 is 10.1 Å². The molecule has 35 heavy (non-hydrogen) atoms. The zero-order valence-electron chi connectivity index (χ0n) is 17.3. The lowest BCUT2D eigenvalue weighted by Crippen LogP contribution is -2.32. The smallest absolute Gasteiger partial charge is 0.343 e. The quantitative estimate of drug-likeness (QED) is 0.145. The lowest BCUT2D eigenvalue weighted by molar-refractivity contribution is -0.384.